The Morgan fingerprint density at radius 3 is 2.05 bits per heavy atom. The number of rotatable bonds is 6. The Bertz CT molecular complexity index is 1860. The van der Waals surface area contributed by atoms with Gasteiger partial charge in [0, 0.05) is 25.5 Å². The van der Waals surface area contributed by atoms with Crippen molar-refractivity contribution in [3.63, 3.8) is 0 Å². The lowest BCUT2D eigenvalue weighted by Crippen LogP contribution is -2.16. The van der Waals surface area contributed by atoms with Gasteiger partial charge in [0.2, 0.25) is 10.0 Å². The van der Waals surface area contributed by atoms with Gasteiger partial charge in [-0.05, 0) is 41.0 Å². The Morgan fingerprint density at radius 1 is 0.949 bits per heavy atom. The van der Waals surface area contributed by atoms with Crippen LogP contribution >= 0.6 is 34.8 Å². The van der Waals surface area contributed by atoms with E-state index < -0.39 is 15.6 Å². The molecule has 0 spiro atoms. The first-order chi connectivity index (χ1) is 18.4. The number of aromatic amines is 1. The molecular formula is C26H21Cl3N6O3S. The zero-order valence-corrected chi connectivity index (χ0v) is 23.7. The minimum Gasteiger partial charge on any atom is -0.361 e. The van der Waals surface area contributed by atoms with Gasteiger partial charge in [0.05, 0.1) is 14.9 Å². The molecule has 0 atom stereocenters. The maximum atomic E-state index is 13.2. The van der Waals surface area contributed by atoms with Crippen LogP contribution < -0.4 is 15.6 Å². The van der Waals surface area contributed by atoms with Gasteiger partial charge in [0.15, 0.2) is 11.5 Å². The quantitative estimate of drug-likeness (QED) is 0.280. The number of halogens is 3. The molecule has 13 heteroatoms. The van der Waals surface area contributed by atoms with E-state index >= 15 is 0 Å². The summed E-state index contributed by atoms with van der Waals surface area (Å²) in [6, 6.07) is 17.8. The molecule has 0 saturated heterocycles. The van der Waals surface area contributed by atoms with Gasteiger partial charge in [-0.15, -0.1) is 5.10 Å². The first-order valence-corrected chi connectivity index (χ1v) is 14.2. The maximum Gasteiger partial charge on any atom is 0.264 e. The number of hydrogen-bond donors (Lipinski definition) is 2. The molecule has 0 saturated carbocycles. The summed E-state index contributed by atoms with van der Waals surface area (Å²) in [5.74, 6) is 0.729. The Kier molecular flexibility index (Phi) is 7.17. The lowest BCUT2D eigenvalue weighted by molar-refractivity contribution is 0.598. The molecule has 200 valence electrons. The topological polar surface area (TPSA) is 127 Å². The zero-order valence-electron chi connectivity index (χ0n) is 20.6. The van der Waals surface area contributed by atoms with Crippen LogP contribution in [0.4, 0.5) is 5.82 Å². The standard InChI is InChI=1S/C26H21Cl3N6O3S/c1-34(2)25-22-24(35(33-25)23-19(28)12-18(13-20(23)29)39(30,37)38)31-21(32-26(22)36)11-14-3-5-15(6-4-14)16-7-9-17(27)10-8-16/h3-10,12-13H,11H2,1-2H3,(H2,30,37,38)(H,31,32,36). The summed E-state index contributed by atoms with van der Waals surface area (Å²) in [4.78, 5) is 22.2. The second kappa shape index (κ2) is 10.3. The van der Waals surface area contributed by atoms with Gasteiger partial charge in [-0.1, -0.05) is 71.2 Å². The summed E-state index contributed by atoms with van der Waals surface area (Å²) in [6.07, 6.45) is 0.334. The fourth-order valence-corrected chi connectivity index (χ4v) is 5.63. The Hall–Kier alpha value is -3.41. The molecular weight excluding hydrogens is 583 g/mol. The van der Waals surface area contributed by atoms with Crippen molar-refractivity contribution in [1.29, 1.82) is 0 Å². The van der Waals surface area contributed by atoms with Crippen LogP contribution in [0.25, 0.3) is 27.8 Å². The van der Waals surface area contributed by atoms with E-state index in [1.807, 2.05) is 48.5 Å². The normalized spacial score (nSPS) is 11.7. The summed E-state index contributed by atoms with van der Waals surface area (Å²) in [5.41, 5.74) is 2.95. The molecule has 0 aliphatic carbocycles. The molecule has 0 bridgehead atoms. The van der Waals surface area contributed by atoms with Gasteiger partial charge in [0.1, 0.15) is 16.9 Å². The van der Waals surface area contributed by atoms with E-state index in [1.54, 1.807) is 19.0 Å². The van der Waals surface area contributed by atoms with Crippen molar-refractivity contribution in [3.05, 3.63) is 97.5 Å². The van der Waals surface area contributed by atoms with Crippen LogP contribution in [0.2, 0.25) is 15.1 Å². The van der Waals surface area contributed by atoms with Crippen molar-refractivity contribution < 1.29 is 8.42 Å². The number of nitrogens with one attached hydrogen (secondary N) is 1. The highest BCUT2D eigenvalue weighted by molar-refractivity contribution is 7.89. The molecule has 0 unspecified atom stereocenters. The van der Waals surface area contributed by atoms with Crippen LogP contribution in [0.5, 0.6) is 0 Å². The predicted molar refractivity (Wildman–Crippen MR) is 155 cm³/mol. The SMILES string of the molecule is CN(C)c1nn(-c2c(Cl)cc(S(N)(=O)=O)cc2Cl)c2nc(Cc3ccc(-c4ccc(Cl)cc4)cc3)[nH]c(=O)c12. The number of aromatic nitrogens is 4. The number of nitrogens with zero attached hydrogens (tertiary/aromatic N) is 4. The molecule has 39 heavy (non-hydrogen) atoms. The molecule has 0 radical (unpaired) electrons. The minimum absolute atomic E-state index is 0.0253. The highest BCUT2D eigenvalue weighted by atomic mass is 35.5. The second-order valence-electron chi connectivity index (χ2n) is 9.00. The fraction of sp³-hybridized carbons (Fsp3) is 0.115. The van der Waals surface area contributed by atoms with E-state index in [-0.39, 0.29) is 31.7 Å². The Labute approximate surface area is 238 Å². The van der Waals surface area contributed by atoms with Gasteiger partial charge in [0.25, 0.3) is 5.56 Å². The highest BCUT2D eigenvalue weighted by Crippen LogP contribution is 2.34. The van der Waals surface area contributed by atoms with Crippen LogP contribution in [0.1, 0.15) is 11.4 Å². The zero-order chi connectivity index (χ0) is 28.1. The number of sulfonamides is 1. The Morgan fingerprint density at radius 2 is 1.51 bits per heavy atom. The fourth-order valence-electron chi connectivity index (χ4n) is 4.17. The molecule has 5 rings (SSSR count). The Balaban J connectivity index is 1.59. The summed E-state index contributed by atoms with van der Waals surface area (Å²) in [7, 11) is -0.589. The van der Waals surface area contributed by atoms with Crippen LogP contribution in [0.15, 0.2) is 70.4 Å². The van der Waals surface area contributed by atoms with Gasteiger partial charge in [-0.25, -0.2) is 23.2 Å². The van der Waals surface area contributed by atoms with Gasteiger partial charge in [-0.3, -0.25) is 4.79 Å². The number of primary sulfonamides is 1. The number of H-pyrrole nitrogens is 1. The summed E-state index contributed by atoms with van der Waals surface area (Å²) in [5, 5.41) is 10.6. The van der Waals surface area contributed by atoms with Crippen LogP contribution in [-0.4, -0.2) is 42.3 Å². The molecule has 2 aromatic heterocycles. The summed E-state index contributed by atoms with van der Waals surface area (Å²) >= 11 is 18.9. The molecule has 3 N–H and O–H groups in total. The number of hydrogen-bond acceptors (Lipinski definition) is 6. The van der Waals surface area contributed by atoms with Crippen molar-refractivity contribution >= 4 is 61.7 Å². The largest absolute Gasteiger partial charge is 0.361 e. The molecule has 0 aliphatic heterocycles. The van der Waals surface area contributed by atoms with E-state index in [9.17, 15) is 13.2 Å². The number of benzene rings is 3. The van der Waals surface area contributed by atoms with Crippen molar-refractivity contribution in [2.45, 2.75) is 11.3 Å². The van der Waals surface area contributed by atoms with Crippen molar-refractivity contribution in [3.8, 4) is 16.8 Å². The third kappa shape index (κ3) is 5.39. The molecule has 2 heterocycles. The average Bonchev–Trinajstić information content (AvgIpc) is 3.24. The molecule has 5 aromatic rings. The van der Waals surface area contributed by atoms with E-state index in [1.165, 1.54) is 16.8 Å². The number of anilines is 1. The maximum absolute atomic E-state index is 13.2. The average molecular weight is 604 g/mol. The molecule has 9 nitrogen and oxygen atoms in total. The third-order valence-corrected chi connectivity index (χ3v) is 7.75. The van der Waals surface area contributed by atoms with Crippen molar-refractivity contribution in [2.75, 3.05) is 19.0 Å². The van der Waals surface area contributed by atoms with Crippen molar-refractivity contribution in [1.82, 2.24) is 19.7 Å². The summed E-state index contributed by atoms with van der Waals surface area (Å²) in [6.45, 7) is 0. The molecule has 0 aliphatic rings. The first-order valence-electron chi connectivity index (χ1n) is 11.5. The van der Waals surface area contributed by atoms with Gasteiger partial charge < -0.3 is 9.88 Å². The van der Waals surface area contributed by atoms with Gasteiger partial charge >= 0.3 is 0 Å². The van der Waals surface area contributed by atoms with Crippen LogP contribution in [-0.2, 0) is 16.4 Å². The van der Waals surface area contributed by atoms with E-state index in [2.05, 4.69) is 10.1 Å². The summed E-state index contributed by atoms with van der Waals surface area (Å²) < 4.78 is 25.0. The second-order valence-corrected chi connectivity index (χ2v) is 11.8. The van der Waals surface area contributed by atoms with E-state index in [0.29, 0.717) is 23.1 Å². The van der Waals surface area contributed by atoms with Gasteiger partial charge in [-0.2, -0.15) is 0 Å². The van der Waals surface area contributed by atoms with Crippen LogP contribution in [0, 0.1) is 0 Å². The van der Waals surface area contributed by atoms with E-state index in [0.717, 1.165) is 16.7 Å². The smallest absolute Gasteiger partial charge is 0.264 e. The first kappa shape index (κ1) is 27.2. The molecule has 0 amide bonds. The lowest BCUT2D eigenvalue weighted by Gasteiger charge is -2.11. The molecule has 3 aromatic carbocycles. The number of fused-ring (bicyclic) bond motifs is 1. The van der Waals surface area contributed by atoms with E-state index in [4.69, 9.17) is 44.9 Å². The predicted octanol–water partition coefficient (Wildman–Crippen LogP) is 5.04. The third-order valence-electron chi connectivity index (χ3n) is 6.03. The van der Waals surface area contributed by atoms with Crippen LogP contribution in [0.3, 0.4) is 0 Å². The van der Waals surface area contributed by atoms with Crippen molar-refractivity contribution in [2.24, 2.45) is 5.14 Å². The molecule has 0 fully saturated rings. The monoisotopic (exact) mass is 602 g/mol. The highest BCUT2D eigenvalue weighted by Gasteiger charge is 2.24. The lowest BCUT2D eigenvalue weighted by atomic mass is 10.0. The minimum atomic E-state index is -4.05. The number of nitrogens with two attached hydrogens (primary N) is 1.